The van der Waals surface area contributed by atoms with Crippen LogP contribution in [0.25, 0.3) is 11.0 Å². The standard InChI is InChI=1S/C15H12N4O3/c20-10-15-17-13-3-1-2-4-14(13)18(15)16-9-11-5-7-12(8-6-11)19(21)22/h1-9,20H,10H2/b16-9+. The number of rotatable bonds is 4. The number of fused-ring (bicyclic) bond motifs is 1. The molecule has 1 aromatic heterocycles. The molecule has 0 radical (unpaired) electrons. The van der Waals surface area contributed by atoms with Crippen molar-refractivity contribution >= 4 is 22.9 Å². The van der Waals surface area contributed by atoms with Gasteiger partial charge in [-0.2, -0.15) is 5.10 Å². The quantitative estimate of drug-likeness (QED) is 0.454. The van der Waals surface area contributed by atoms with Gasteiger partial charge >= 0.3 is 0 Å². The Labute approximate surface area is 125 Å². The van der Waals surface area contributed by atoms with Crippen LogP contribution < -0.4 is 0 Å². The average Bonchev–Trinajstić information content (AvgIpc) is 2.91. The van der Waals surface area contributed by atoms with Gasteiger partial charge in [0.25, 0.3) is 5.69 Å². The molecule has 0 saturated carbocycles. The highest BCUT2D eigenvalue weighted by atomic mass is 16.6. The molecule has 0 fully saturated rings. The van der Waals surface area contributed by atoms with Crippen molar-refractivity contribution in [2.75, 3.05) is 0 Å². The van der Waals surface area contributed by atoms with Gasteiger partial charge in [-0.25, -0.2) is 9.66 Å². The second-order valence-electron chi connectivity index (χ2n) is 4.58. The van der Waals surface area contributed by atoms with Crippen molar-refractivity contribution in [3.63, 3.8) is 0 Å². The summed E-state index contributed by atoms with van der Waals surface area (Å²) in [5, 5.41) is 24.3. The molecule has 0 aliphatic rings. The lowest BCUT2D eigenvalue weighted by atomic mass is 10.2. The van der Waals surface area contributed by atoms with Gasteiger partial charge in [-0.1, -0.05) is 12.1 Å². The second-order valence-corrected chi connectivity index (χ2v) is 4.58. The molecule has 0 bridgehead atoms. The summed E-state index contributed by atoms with van der Waals surface area (Å²) in [5.41, 5.74) is 2.27. The number of aliphatic hydroxyl groups excluding tert-OH is 1. The Balaban J connectivity index is 1.96. The Morgan fingerprint density at radius 1 is 1.23 bits per heavy atom. The van der Waals surface area contributed by atoms with Crippen LogP contribution >= 0.6 is 0 Å². The van der Waals surface area contributed by atoms with Crippen molar-refractivity contribution in [1.29, 1.82) is 0 Å². The Morgan fingerprint density at radius 3 is 2.64 bits per heavy atom. The van der Waals surface area contributed by atoms with Crippen LogP contribution in [0.4, 0.5) is 5.69 Å². The molecule has 0 unspecified atom stereocenters. The minimum Gasteiger partial charge on any atom is -0.388 e. The molecule has 7 heteroatoms. The number of hydrogen-bond donors (Lipinski definition) is 1. The predicted octanol–water partition coefficient (Wildman–Crippen LogP) is 2.32. The van der Waals surface area contributed by atoms with Crippen LogP contribution in [0.15, 0.2) is 53.6 Å². The number of para-hydroxylation sites is 2. The zero-order chi connectivity index (χ0) is 15.5. The molecule has 0 amide bonds. The molecule has 2 aromatic carbocycles. The van der Waals surface area contributed by atoms with E-state index < -0.39 is 4.92 Å². The van der Waals surface area contributed by atoms with E-state index in [0.717, 1.165) is 11.0 Å². The molecule has 110 valence electrons. The Morgan fingerprint density at radius 2 is 1.95 bits per heavy atom. The number of aromatic nitrogens is 2. The van der Waals surface area contributed by atoms with Gasteiger partial charge in [0.15, 0.2) is 5.82 Å². The summed E-state index contributed by atoms with van der Waals surface area (Å²) in [4.78, 5) is 14.5. The third-order valence-electron chi connectivity index (χ3n) is 3.17. The third-order valence-corrected chi connectivity index (χ3v) is 3.17. The van der Waals surface area contributed by atoms with Crippen molar-refractivity contribution < 1.29 is 10.0 Å². The van der Waals surface area contributed by atoms with E-state index in [1.54, 1.807) is 23.0 Å². The van der Waals surface area contributed by atoms with E-state index in [-0.39, 0.29) is 12.3 Å². The molecule has 7 nitrogen and oxygen atoms in total. The summed E-state index contributed by atoms with van der Waals surface area (Å²) in [7, 11) is 0. The topological polar surface area (TPSA) is 93.5 Å². The van der Waals surface area contributed by atoms with Crippen molar-refractivity contribution in [3.05, 3.63) is 70.0 Å². The fourth-order valence-corrected chi connectivity index (χ4v) is 2.10. The van der Waals surface area contributed by atoms with Gasteiger partial charge in [0.05, 0.1) is 22.2 Å². The molecular formula is C15H12N4O3. The van der Waals surface area contributed by atoms with Crippen LogP contribution in [-0.4, -0.2) is 25.9 Å². The molecule has 3 rings (SSSR count). The normalized spacial score (nSPS) is 11.3. The zero-order valence-corrected chi connectivity index (χ0v) is 11.5. The van der Waals surface area contributed by atoms with Crippen molar-refractivity contribution in [2.45, 2.75) is 6.61 Å². The smallest absolute Gasteiger partial charge is 0.269 e. The first kappa shape index (κ1) is 13.9. The summed E-state index contributed by atoms with van der Waals surface area (Å²) in [6, 6.07) is 13.5. The molecule has 0 saturated heterocycles. The largest absolute Gasteiger partial charge is 0.388 e. The number of nitrogens with zero attached hydrogens (tertiary/aromatic N) is 4. The minimum absolute atomic E-state index is 0.0290. The van der Waals surface area contributed by atoms with E-state index in [2.05, 4.69) is 10.1 Å². The molecule has 0 atom stereocenters. The summed E-state index contributed by atoms with van der Waals surface area (Å²) >= 11 is 0. The zero-order valence-electron chi connectivity index (χ0n) is 11.5. The van der Waals surface area contributed by atoms with Gasteiger partial charge in [-0.15, -0.1) is 0 Å². The molecular weight excluding hydrogens is 284 g/mol. The van der Waals surface area contributed by atoms with Crippen LogP contribution in [0.5, 0.6) is 0 Å². The van der Waals surface area contributed by atoms with E-state index in [9.17, 15) is 15.2 Å². The van der Waals surface area contributed by atoms with E-state index >= 15 is 0 Å². The highest BCUT2D eigenvalue weighted by Crippen LogP contribution is 2.16. The fourth-order valence-electron chi connectivity index (χ4n) is 2.10. The van der Waals surface area contributed by atoms with Crippen LogP contribution in [0.3, 0.4) is 0 Å². The summed E-state index contributed by atoms with van der Waals surface area (Å²) in [6.07, 6.45) is 1.57. The number of non-ortho nitro benzene ring substituents is 1. The number of nitro benzene ring substituents is 1. The number of hydrogen-bond acceptors (Lipinski definition) is 5. The number of imidazole rings is 1. The first-order valence-electron chi connectivity index (χ1n) is 6.55. The highest BCUT2D eigenvalue weighted by molar-refractivity contribution is 5.81. The minimum atomic E-state index is -0.450. The SMILES string of the molecule is O=[N+]([O-])c1ccc(/C=N/n2c(CO)nc3ccccc32)cc1. The third kappa shape index (κ3) is 2.57. The molecule has 0 spiro atoms. The molecule has 0 aliphatic carbocycles. The van der Waals surface area contributed by atoms with Gasteiger partial charge in [-0.05, 0) is 29.8 Å². The van der Waals surface area contributed by atoms with E-state index in [0.29, 0.717) is 11.4 Å². The van der Waals surface area contributed by atoms with Gasteiger partial charge in [0.1, 0.15) is 6.61 Å². The predicted molar refractivity (Wildman–Crippen MR) is 81.7 cm³/mol. The Kier molecular flexibility index (Phi) is 3.63. The van der Waals surface area contributed by atoms with E-state index in [4.69, 9.17) is 0 Å². The van der Waals surface area contributed by atoms with Crippen LogP contribution in [0.2, 0.25) is 0 Å². The van der Waals surface area contributed by atoms with Gasteiger partial charge < -0.3 is 5.11 Å². The first-order valence-corrected chi connectivity index (χ1v) is 6.55. The molecule has 22 heavy (non-hydrogen) atoms. The summed E-state index contributed by atoms with van der Waals surface area (Å²) < 4.78 is 1.55. The average molecular weight is 296 g/mol. The van der Waals surface area contributed by atoms with E-state index in [1.165, 1.54) is 12.1 Å². The van der Waals surface area contributed by atoms with Crippen LogP contribution in [0, 0.1) is 10.1 Å². The number of nitro groups is 1. The van der Waals surface area contributed by atoms with Crippen LogP contribution in [0.1, 0.15) is 11.4 Å². The maximum absolute atomic E-state index is 10.6. The van der Waals surface area contributed by atoms with Crippen molar-refractivity contribution in [1.82, 2.24) is 9.66 Å². The maximum Gasteiger partial charge on any atom is 0.269 e. The van der Waals surface area contributed by atoms with E-state index in [1.807, 2.05) is 24.3 Å². The summed E-state index contributed by atoms with van der Waals surface area (Å²) in [6.45, 7) is -0.230. The van der Waals surface area contributed by atoms with Crippen molar-refractivity contribution in [3.8, 4) is 0 Å². The fraction of sp³-hybridized carbons (Fsp3) is 0.0667. The lowest BCUT2D eigenvalue weighted by Crippen LogP contribution is -1.98. The number of aliphatic hydroxyl groups is 1. The maximum atomic E-state index is 10.6. The first-order chi connectivity index (χ1) is 10.7. The Bertz CT molecular complexity index is 853. The molecule has 3 aromatic rings. The monoisotopic (exact) mass is 296 g/mol. The lowest BCUT2D eigenvalue weighted by molar-refractivity contribution is -0.384. The number of benzene rings is 2. The molecule has 1 heterocycles. The highest BCUT2D eigenvalue weighted by Gasteiger charge is 2.08. The van der Waals surface area contributed by atoms with Gasteiger partial charge in [0, 0.05) is 12.1 Å². The van der Waals surface area contributed by atoms with Gasteiger partial charge in [0.2, 0.25) is 0 Å². The Hall–Kier alpha value is -3.06. The molecule has 1 N–H and O–H groups in total. The molecule has 0 aliphatic heterocycles. The van der Waals surface area contributed by atoms with Crippen LogP contribution in [-0.2, 0) is 6.61 Å². The van der Waals surface area contributed by atoms with Gasteiger partial charge in [-0.3, -0.25) is 10.1 Å². The second kappa shape index (κ2) is 5.74. The lowest BCUT2D eigenvalue weighted by Gasteiger charge is -2.00. The summed E-state index contributed by atoms with van der Waals surface area (Å²) in [5.74, 6) is 0.430. The van der Waals surface area contributed by atoms with Crippen molar-refractivity contribution in [2.24, 2.45) is 5.10 Å².